The minimum Gasteiger partial charge on any atom is -0.202 e. The minimum atomic E-state index is -2.72. The third-order valence-electron chi connectivity index (χ3n) is 0.133. The van der Waals surface area contributed by atoms with Gasteiger partial charge in [0.05, 0.1) is 9.35 Å². The Kier molecular flexibility index (Phi) is 13.6. The Balaban J connectivity index is 0. The van der Waals surface area contributed by atoms with Crippen molar-refractivity contribution < 1.29 is 24.4 Å². The first kappa shape index (κ1) is 10.8. The fourth-order valence-electron chi connectivity index (χ4n) is 0.0149. The number of rotatable bonds is 2. The molecule has 2 N–H and O–H groups in total. The van der Waals surface area contributed by atoms with Gasteiger partial charge in [-0.2, -0.15) is 0 Å². The molecule has 0 saturated heterocycles. The zero-order valence-electron chi connectivity index (χ0n) is 4.57. The van der Waals surface area contributed by atoms with Crippen LogP contribution in [0.4, 0.5) is 0 Å². The summed E-state index contributed by atoms with van der Waals surface area (Å²) in [5.41, 5.74) is 0. The summed E-state index contributed by atoms with van der Waals surface area (Å²) in [6.45, 7) is 4.00. The van der Waals surface area contributed by atoms with Crippen molar-refractivity contribution in [2.75, 3.05) is 0 Å². The lowest BCUT2D eigenvalue weighted by Crippen LogP contribution is -1.68. The zero-order valence-corrected chi connectivity index (χ0v) is 5.46. The maximum Gasteiger partial charge on any atom is 0.759 e. The van der Waals surface area contributed by atoms with Gasteiger partial charge >= 0.3 is 8.25 Å². The summed E-state index contributed by atoms with van der Waals surface area (Å²) in [5, 5.41) is 14.5. The lowest BCUT2D eigenvalue weighted by molar-refractivity contribution is -0.198. The molecule has 50 valence electrons. The van der Waals surface area contributed by atoms with E-state index in [1.54, 1.807) is 0 Å². The summed E-state index contributed by atoms with van der Waals surface area (Å²) < 4.78 is 15.3. The average molecular weight is 143 g/mol. The molecule has 8 heavy (non-hydrogen) atoms. The lowest BCUT2D eigenvalue weighted by Gasteiger charge is -1.62. The van der Waals surface area contributed by atoms with Gasteiger partial charge in [0.15, 0.2) is 0 Å². The molecule has 6 heteroatoms. The summed E-state index contributed by atoms with van der Waals surface area (Å²) in [6, 6.07) is 0. The molecule has 0 aromatic carbocycles. The molecule has 5 nitrogen and oxygen atoms in total. The normalized spacial score (nSPS) is 7.00. The van der Waals surface area contributed by atoms with Crippen molar-refractivity contribution in [3.8, 4) is 0 Å². The predicted molar refractivity (Wildman–Crippen MR) is 26.4 cm³/mol. The zero-order chi connectivity index (χ0) is 6.99. The topological polar surface area (TPSA) is 76.0 Å². The van der Waals surface area contributed by atoms with E-state index >= 15 is 0 Å². The summed E-state index contributed by atoms with van der Waals surface area (Å²) in [6.07, 6.45) is 0. The van der Waals surface area contributed by atoms with Crippen LogP contribution in [-0.4, -0.2) is 10.5 Å². The molecule has 0 fully saturated rings. The second-order valence-corrected chi connectivity index (χ2v) is 1.16. The first-order valence-corrected chi connectivity index (χ1v) is 3.01. The minimum absolute atomic E-state index is 2.00. The molecule has 0 aliphatic carbocycles. The van der Waals surface area contributed by atoms with Crippen LogP contribution in [0.25, 0.3) is 0 Å². The Bertz CT molecular complexity index is 48.4. The van der Waals surface area contributed by atoms with Gasteiger partial charge in [0.25, 0.3) is 0 Å². The van der Waals surface area contributed by atoms with Gasteiger partial charge in [-0.3, -0.25) is 0 Å². The second-order valence-electron chi connectivity index (χ2n) is 0.387. The van der Waals surface area contributed by atoms with E-state index in [1.165, 1.54) is 0 Å². The van der Waals surface area contributed by atoms with E-state index in [9.17, 15) is 4.57 Å². The maximum atomic E-state index is 9.38. The van der Waals surface area contributed by atoms with Crippen LogP contribution in [-0.2, 0) is 13.9 Å². The molecule has 0 heterocycles. The van der Waals surface area contributed by atoms with Gasteiger partial charge in [0.1, 0.15) is 0 Å². The highest BCUT2D eigenvalue weighted by Gasteiger charge is 2.17. The van der Waals surface area contributed by atoms with Crippen LogP contribution in [0, 0.1) is 0 Å². The molecular formula is C2H8O5P+. The van der Waals surface area contributed by atoms with E-state index in [2.05, 4.69) is 9.35 Å². The van der Waals surface area contributed by atoms with Crippen LogP contribution in [0.2, 0.25) is 0 Å². The molecule has 0 unspecified atom stereocenters. The SMILES string of the molecule is CC.O=[P+](OO)OO. The van der Waals surface area contributed by atoms with Crippen molar-refractivity contribution in [2.24, 2.45) is 0 Å². The van der Waals surface area contributed by atoms with E-state index in [0.29, 0.717) is 0 Å². The van der Waals surface area contributed by atoms with Gasteiger partial charge in [-0.1, -0.05) is 13.8 Å². The third kappa shape index (κ3) is 9.34. The van der Waals surface area contributed by atoms with Crippen LogP contribution in [0.1, 0.15) is 13.8 Å². The van der Waals surface area contributed by atoms with Crippen molar-refractivity contribution in [2.45, 2.75) is 13.8 Å². The number of hydrogen-bond donors (Lipinski definition) is 2. The molecule has 0 radical (unpaired) electrons. The molecule has 0 aliphatic heterocycles. The standard InChI is InChI=1S/C2H6.HO5P/c1-2;1-4-6(3)5-2/h1-2H3;(H-,1,2)/p+1. The van der Waals surface area contributed by atoms with Crippen LogP contribution in [0.5, 0.6) is 0 Å². The van der Waals surface area contributed by atoms with Crippen molar-refractivity contribution in [3.63, 3.8) is 0 Å². The molecule has 0 spiro atoms. The van der Waals surface area contributed by atoms with Crippen LogP contribution in [0.15, 0.2) is 0 Å². The molecular weight excluding hydrogens is 135 g/mol. The Morgan fingerprint density at radius 3 is 1.50 bits per heavy atom. The highest BCUT2D eigenvalue weighted by Crippen LogP contribution is 2.17. The van der Waals surface area contributed by atoms with Gasteiger partial charge in [-0.15, -0.1) is 0 Å². The van der Waals surface area contributed by atoms with E-state index in [1.807, 2.05) is 13.8 Å². The van der Waals surface area contributed by atoms with E-state index < -0.39 is 8.25 Å². The Labute approximate surface area is 47.7 Å². The quantitative estimate of drug-likeness (QED) is 0.349. The monoisotopic (exact) mass is 143 g/mol. The Morgan fingerprint density at radius 2 is 1.50 bits per heavy atom. The molecule has 0 aromatic heterocycles. The van der Waals surface area contributed by atoms with Gasteiger partial charge in [-0.25, -0.2) is 10.5 Å². The second kappa shape index (κ2) is 10.0. The molecule has 0 aliphatic rings. The van der Waals surface area contributed by atoms with E-state index in [-0.39, 0.29) is 0 Å². The van der Waals surface area contributed by atoms with Crippen molar-refractivity contribution >= 4 is 8.25 Å². The van der Waals surface area contributed by atoms with E-state index in [0.717, 1.165) is 0 Å². The summed E-state index contributed by atoms with van der Waals surface area (Å²) in [5.74, 6) is 0. The first-order chi connectivity index (χ1) is 3.81. The Hall–Kier alpha value is -0.0600. The third-order valence-corrected chi connectivity index (χ3v) is 0.400. The molecule has 0 atom stereocenters. The fraction of sp³-hybridized carbons (Fsp3) is 1.00. The van der Waals surface area contributed by atoms with Gasteiger partial charge in [-0.05, 0) is 0 Å². The van der Waals surface area contributed by atoms with Crippen LogP contribution in [0.3, 0.4) is 0 Å². The van der Waals surface area contributed by atoms with Gasteiger partial charge in [0, 0.05) is 4.57 Å². The summed E-state index contributed by atoms with van der Waals surface area (Å²) >= 11 is 0. The fourth-order valence-corrected chi connectivity index (χ4v) is 0.0447. The van der Waals surface area contributed by atoms with Crippen LogP contribution >= 0.6 is 8.25 Å². The summed E-state index contributed by atoms with van der Waals surface area (Å²) in [4.78, 5) is 0. The van der Waals surface area contributed by atoms with Crippen molar-refractivity contribution in [1.29, 1.82) is 0 Å². The van der Waals surface area contributed by atoms with Crippen molar-refractivity contribution in [1.82, 2.24) is 0 Å². The summed E-state index contributed by atoms with van der Waals surface area (Å²) in [7, 11) is -2.72. The Morgan fingerprint density at radius 1 is 1.25 bits per heavy atom. The molecule has 0 amide bonds. The van der Waals surface area contributed by atoms with Gasteiger partial charge < -0.3 is 0 Å². The maximum absolute atomic E-state index is 9.38. The highest BCUT2D eigenvalue weighted by atomic mass is 31.1. The molecule has 0 bridgehead atoms. The average Bonchev–Trinajstić information content (AvgIpc) is 1.91. The van der Waals surface area contributed by atoms with E-state index in [4.69, 9.17) is 10.5 Å². The lowest BCUT2D eigenvalue weighted by atomic mass is 11.0. The number of hydrogen-bond acceptors (Lipinski definition) is 5. The first-order valence-electron chi connectivity index (χ1n) is 1.91. The predicted octanol–water partition coefficient (Wildman–Crippen LogP) is 1.65. The highest BCUT2D eigenvalue weighted by molar-refractivity contribution is 7.32. The van der Waals surface area contributed by atoms with Crippen LogP contribution < -0.4 is 0 Å². The van der Waals surface area contributed by atoms with Crippen molar-refractivity contribution in [3.05, 3.63) is 0 Å². The smallest absolute Gasteiger partial charge is 0.202 e. The largest absolute Gasteiger partial charge is 0.759 e. The molecule has 0 saturated carbocycles. The molecule has 0 aromatic rings. The van der Waals surface area contributed by atoms with Gasteiger partial charge in [0.2, 0.25) is 0 Å². The molecule has 0 rings (SSSR count).